The topological polar surface area (TPSA) is 106 Å². The Hall–Kier alpha value is -2.83. The molecule has 2 aromatic rings. The molecular weight excluding hydrogens is 350 g/mol. The van der Waals surface area contributed by atoms with Gasteiger partial charge in [0.25, 0.3) is 5.91 Å². The molecule has 27 heavy (non-hydrogen) atoms. The van der Waals surface area contributed by atoms with Crippen LogP contribution in [0.4, 0.5) is 0 Å². The molecule has 1 heterocycles. The summed E-state index contributed by atoms with van der Waals surface area (Å²) in [6, 6.07) is 2.55. The van der Waals surface area contributed by atoms with E-state index in [4.69, 9.17) is 14.3 Å². The average Bonchev–Trinajstić information content (AvgIpc) is 2.62. The Labute approximate surface area is 157 Å². The number of carbonyl (C=O) groups is 2. The minimum atomic E-state index is -1.08. The second-order valence-electron chi connectivity index (χ2n) is 6.65. The monoisotopic (exact) mass is 375 g/mol. The molecule has 0 radical (unpaired) electrons. The lowest BCUT2D eigenvalue weighted by molar-refractivity contribution is -0.143. The summed E-state index contributed by atoms with van der Waals surface area (Å²) in [5.41, 5.74) is 2.01. The largest absolute Gasteiger partial charge is 0.480 e. The van der Waals surface area contributed by atoms with Crippen LogP contribution < -0.4 is 15.7 Å². The molecule has 2 N–H and O–H groups in total. The summed E-state index contributed by atoms with van der Waals surface area (Å²) in [6.45, 7) is 8.70. The first kappa shape index (κ1) is 20.5. The summed E-state index contributed by atoms with van der Waals surface area (Å²) in [5.74, 6) is -1.19. The van der Waals surface area contributed by atoms with Crippen LogP contribution in [0.5, 0.6) is 5.75 Å². The second kappa shape index (κ2) is 8.24. The number of nitrogens with one attached hydrogen (secondary N) is 1. The van der Waals surface area contributed by atoms with Gasteiger partial charge in [0.2, 0.25) is 0 Å². The lowest BCUT2D eigenvalue weighted by Crippen LogP contribution is -2.46. The zero-order chi connectivity index (χ0) is 20.3. The van der Waals surface area contributed by atoms with Crippen molar-refractivity contribution in [3.8, 4) is 5.75 Å². The van der Waals surface area contributed by atoms with Crippen LogP contribution in [0.15, 0.2) is 21.3 Å². The van der Waals surface area contributed by atoms with E-state index in [2.05, 4.69) is 5.32 Å². The number of carboxylic acids is 1. The van der Waals surface area contributed by atoms with Gasteiger partial charge < -0.3 is 19.6 Å². The Balaban J connectivity index is 2.26. The zero-order valence-electron chi connectivity index (χ0n) is 16.2. The van der Waals surface area contributed by atoms with Crippen LogP contribution in [0.1, 0.15) is 43.4 Å². The van der Waals surface area contributed by atoms with Crippen LogP contribution in [0.3, 0.4) is 0 Å². The molecule has 146 valence electrons. The average molecular weight is 375 g/mol. The molecule has 0 unspecified atom stereocenters. The molecule has 0 saturated carbocycles. The molecule has 0 saturated heterocycles. The van der Waals surface area contributed by atoms with Gasteiger partial charge >= 0.3 is 11.6 Å². The fourth-order valence-corrected chi connectivity index (χ4v) is 2.83. The molecular formula is C20H25NO6. The fraction of sp³-hybridized carbons (Fsp3) is 0.450. The Kier molecular flexibility index (Phi) is 6.25. The highest BCUT2D eigenvalue weighted by atomic mass is 16.5. The van der Waals surface area contributed by atoms with E-state index in [-0.39, 0.29) is 0 Å². The molecule has 0 spiro atoms. The van der Waals surface area contributed by atoms with E-state index >= 15 is 0 Å². The van der Waals surface area contributed by atoms with Crippen molar-refractivity contribution in [3.63, 3.8) is 0 Å². The quantitative estimate of drug-likeness (QED) is 0.721. The van der Waals surface area contributed by atoms with E-state index in [0.717, 1.165) is 10.9 Å². The molecule has 0 aliphatic heterocycles. The van der Waals surface area contributed by atoms with Gasteiger partial charge in [-0.05, 0) is 51.8 Å². The smallest absolute Gasteiger partial charge is 0.339 e. The van der Waals surface area contributed by atoms with Gasteiger partial charge in [0, 0.05) is 16.5 Å². The number of benzene rings is 1. The third-order valence-corrected chi connectivity index (χ3v) is 4.69. The standard InChI is InChI=1S/C20H25NO6/c1-6-7-15(19(23)24)21-18(22)13(5)26-16-9-8-14-10(2)11(3)20(25)27-17(14)12(16)4/h8-9,13,15H,6-7H2,1-5H3,(H,21,22)(H,23,24)/t13-,15+/m1/s1. The van der Waals surface area contributed by atoms with Crippen molar-refractivity contribution in [3.05, 3.63) is 39.2 Å². The van der Waals surface area contributed by atoms with Crippen molar-refractivity contribution < 1.29 is 23.8 Å². The van der Waals surface area contributed by atoms with Crippen LogP contribution in [-0.2, 0) is 9.59 Å². The maximum Gasteiger partial charge on any atom is 0.339 e. The minimum absolute atomic E-state index is 0.340. The van der Waals surface area contributed by atoms with Gasteiger partial charge in [0.15, 0.2) is 6.10 Å². The van der Waals surface area contributed by atoms with Crippen molar-refractivity contribution in [2.45, 2.75) is 59.6 Å². The van der Waals surface area contributed by atoms with Gasteiger partial charge in [-0.2, -0.15) is 0 Å². The van der Waals surface area contributed by atoms with Crippen LogP contribution in [0, 0.1) is 20.8 Å². The summed E-state index contributed by atoms with van der Waals surface area (Å²) in [5, 5.41) is 12.5. The van der Waals surface area contributed by atoms with E-state index in [1.165, 1.54) is 0 Å². The van der Waals surface area contributed by atoms with Crippen molar-refractivity contribution in [1.82, 2.24) is 5.32 Å². The highest BCUT2D eigenvalue weighted by molar-refractivity contribution is 5.87. The summed E-state index contributed by atoms with van der Waals surface area (Å²) in [7, 11) is 0. The van der Waals surface area contributed by atoms with Gasteiger partial charge in [-0.25, -0.2) is 9.59 Å². The van der Waals surface area contributed by atoms with Crippen LogP contribution in [0.25, 0.3) is 11.0 Å². The Morgan fingerprint density at radius 1 is 1.19 bits per heavy atom. The van der Waals surface area contributed by atoms with E-state index < -0.39 is 29.6 Å². The molecule has 7 nitrogen and oxygen atoms in total. The number of hydrogen-bond acceptors (Lipinski definition) is 5. The molecule has 0 aliphatic carbocycles. The SMILES string of the molecule is CCC[C@H](NC(=O)[C@@H](C)Oc1ccc2c(C)c(C)c(=O)oc2c1C)C(=O)O. The number of fused-ring (bicyclic) bond motifs is 1. The fourth-order valence-electron chi connectivity index (χ4n) is 2.83. The predicted molar refractivity (Wildman–Crippen MR) is 101 cm³/mol. The molecule has 0 aliphatic rings. The summed E-state index contributed by atoms with van der Waals surface area (Å²) < 4.78 is 11.1. The maximum atomic E-state index is 12.3. The highest BCUT2D eigenvalue weighted by Crippen LogP contribution is 2.29. The van der Waals surface area contributed by atoms with Crippen LogP contribution >= 0.6 is 0 Å². The van der Waals surface area contributed by atoms with Gasteiger partial charge in [-0.3, -0.25) is 4.79 Å². The van der Waals surface area contributed by atoms with Gasteiger partial charge in [0.1, 0.15) is 17.4 Å². The van der Waals surface area contributed by atoms with E-state index in [1.807, 2.05) is 13.8 Å². The zero-order valence-corrected chi connectivity index (χ0v) is 16.2. The normalized spacial score (nSPS) is 13.2. The molecule has 2 rings (SSSR count). The molecule has 1 aromatic carbocycles. The molecule has 0 fully saturated rings. The third kappa shape index (κ3) is 4.30. The van der Waals surface area contributed by atoms with E-state index in [1.54, 1.807) is 32.9 Å². The van der Waals surface area contributed by atoms with Crippen molar-refractivity contribution in [1.29, 1.82) is 0 Å². The number of aryl methyl sites for hydroxylation is 2. The van der Waals surface area contributed by atoms with Gasteiger partial charge in [-0.1, -0.05) is 13.3 Å². The summed E-state index contributed by atoms with van der Waals surface area (Å²) in [4.78, 5) is 35.5. The Morgan fingerprint density at radius 2 is 1.85 bits per heavy atom. The number of carbonyl (C=O) groups excluding carboxylic acids is 1. The first-order valence-electron chi connectivity index (χ1n) is 8.90. The molecule has 2 atom stereocenters. The first-order chi connectivity index (χ1) is 12.7. The lowest BCUT2D eigenvalue weighted by Gasteiger charge is -2.20. The molecule has 1 aromatic heterocycles. The van der Waals surface area contributed by atoms with Crippen molar-refractivity contribution in [2.75, 3.05) is 0 Å². The number of rotatable bonds is 7. The number of ether oxygens (including phenoxy) is 1. The predicted octanol–water partition coefficient (Wildman–Crippen LogP) is 2.86. The van der Waals surface area contributed by atoms with Crippen molar-refractivity contribution >= 4 is 22.8 Å². The van der Waals surface area contributed by atoms with Gasteiger partial charge in [-0.15, -0.1) is 0 Å². The summed E-state index contributed by atoms with van der Waals surface area (Å²) in [6.07, 6.45) is 0.0684. The Bertz CT molecular complexity index is 930. The van der Waals surface area contributed by atoms with Gasteiger partial charge in [0.05, 0.1) is 0 Å². The first-order valence-corrected chi connectivity index (χ1v) is 8.90. The lowest BCUT2D eigenvalue weighted by atomic mass is 10.0. The number of carboxylic acid groups (broad SMARTS) is 1. The molecule has 1 amide bonds. The van der Waals surface area contributed by atoms with E-state index in [9.17, 15) is 14.4 Å². The van der Waals surface area contributed by atoms with E-state index in [0.29, 0.717) is 35.3 Å². The number of aliphatic carboxylic acids is 1. The van der Waals surface area contributed by atoms with Crippen LogP contribution in [-0.4, -0.2) is 29.1 Å². The highest BCUT2D eigenvalue weighted by Gasteiger charge is 2.24. The minimum Gasteiger partial charge on any atom is -0.480 e. The number of hydrogen-bond donors (Lipinski definition) is 2. The Morgan fingerprint density at radius 3 is 2.44 bits per heavy atom. The molecule has 0 bridgehead atoms. The second-order valence-corrected chi connectivity index (χ2v) is 6.65. The third-order valence-electron chi connectivity index (χ3n) is 4.69. The summed E-state index contributed by atoms with van der Waals surface area (Å²) >= 11 is 0. The maximum absolute atomic E-state index is 12.3. The molecule has 7 heteroatoms. The van der Waals surface area contributed by atoms with Crippen molar-refractivity contribution in [2.24, 2.45) is 0 Å². The van der Waals surface area contributed by atoms with Crippen LogP contribution in [0.2, 0.25) is 0 Å². The number of amides is 1.